The largest absolute Gasteiger partial charge is 0.495 e. The Bertz CT molecular complexity index is 1350. The third kappa shape index (κ3) is 4.56. The van der Waals surface area contributed by atoms with Crippen LogP contribution in [0, 0.1) is 13.8 Å². The van der Waals surface area contributed by atoms with Gasteiger partial charge in [-0.1, -0.05) is 29.3 Å². The number of nitrogens with zero attached hydrogens (tertiary/aromatic N) is 3. The van der Waals surface area contributed by atoms with Gasteiger partial charge in [0.2, 0.25) is 0 Å². The fraction of sp³-hybridized carbons (Fsp3) is 0.130. The molecule has 162 valence electrons. The van der Waals surface area contributed by atoms with E-state index in [4.69, 9.17) is 28.6 Å². The van der Waals surface area contributed by atoms with Crippen LogP contribution in [0.5, 0.6) is 5.75 Å². The van der Waals surface area contributed by atoms with Gasteiger partial charge < -0.3 is 10.1 Å². The quantitative estimate of drug-likeness (QED) is 0.420. The van der Waals surface area contributed by atoms with Crippen LogP contribution in [0.2, 0.25) is 5.02 Å². The molecule has 1 amide bonds. The van der Waals surface area contributed by atoms with E-state index < -0.39 is 0 Å². The van der Waals surface area contributed by atoms with Crippen LogP contribution < -0.4 is 15.4 Å². The Morgan fingerprint density at radius 2 is 1.81 bits per heavy atom. The summed E-state index contributed by atoms with van der Waals surface area (Å²) in [5.74, 6) is 0.318. The van der Waals surface area contributed by atoms with Crippen LogP contribution in [-0.4, -0.2) is 33.1 Å². The second-order valence-electron chi connectivity index (χ2n) is 7.24. The molecule has 32 heavy (non-hydrogen) atoms. The summed E-state index contributed by atoms with van der Waals surface area (Å²) in [7, 11) is 1.56. The number of hydrogen-bond donors (Lipinski definition) is 2. The van der Waals surface area contributed by atoms with Gasteiger partial charge in [-0.15, -0.1) is 10.2 Å². The molecule has 3 aromatic carbocycles. The van der Waals surface area contributed by atoms with Crippen molar-refractivity contribution in [2.45, 2.75) is 13.8 Å². The Kier molecular flexibility index (Phi) is 6.07. The third-order valence-electron chi connectivity index (χ3n) is 4.86. The van der Waals surface area contributed by atoms with Gasteiger partial charge in [0.05, 0.1) is 17.8 Å². The van der Waals surface area contributed by atoms with Crippen molar-refractivity contribution in [1.29, 1.82) is 0 Å². The first kappa shape index (κ1) is 21.7. The lowest BCUT2D eigenvalue weighted by Gasteiger charge is -2.11. The zero-order valence-electron chi connectivity index (χ0n) is 17.6. The van der Waals surface area contributed by atoms with E-state index in [9.17, 15) is 4.79 Å². The molecule has 4 aromatic rings. The second-order valence-corrected chi connectivity index (χ2v) is 8.05. The Hall–Kier alpha value is -3.49. The predicted octanol–water partition coefficient (Wildman–Crippen LogP) is 4.83. The van der Waals surface area contributed by atoms with Crippen LogP contribution in [-0.2, 0) is 0 Å². The van der Waals surface area contributed by atoms with Crippen molar-refractivity contribution in [3.8, 4) is 11.4 Å². The number of hydrogen-bond acceptors (Lipinski definition) is 5. The van der Waals surface area contributed by atoms with E-state index in [1.165, 1.54) is 4.80 Å². The Morgan fingerprint density at radius 3 is 2.53 bits per heavy atom. The number of nitrogens with one attached hydrogen (secondary N) is 2. The van der Waals surface area contributed by atoms with E-state index in [1.807, 2.05) is 44.2 Å². The van der Waals surface area contributed by atoms with E-state index in [0.29, 0.717) is 38.7 Å². The number of rotatable bonds is 4. The fourth-order valence-electron chi connectivity index (χ4n) is 3.29. The topological polar surface area (TPSA) is 81.1 Å². The molecule has 0 spiro atoms. The first-order valence-corrected chi connectivity index (χ1v) is 10.5. The summed E-state index contributed by atoms with van der Waals surface area (Å²) in [6, 6.07) is 16.4. The van der Waals surface area contributed by atoms with E-state index in [2.05, 4.69) is 20.8 Å². The number of amides is 1. The maximum absolute atomic E-state index is 12.5. The predicted molar refractivity (Wildman–Crippen MR) is 130 cm³/mol. The minimum Gasteiger partial charge on any atom is -0.495 e. The van der Waals surface area contributed by atoms with Crippen molar-refractivity contribution in [2.24, 2.45) is 0 Å². The monoisotopic (exact) mass is 465 g/mol. The van der Waals surface area contributed by atoms with Crippen molar-refractivity contribution in [2.75, 3.05) is 12.4 Å². The molecule has 0 bridgehead atoms. The van der Waals surface area contributed by atoms with Crippen LogP contribution in [0.3, 0.4) is 0 Å². The highest BCUT2D eigenvalue weighted by molar-refractivity contribution is 7.80. The Balaban J connectivity index is 1.49. The number of carbonyl (C=O) groups excluding carboxylic acids is 1. The van der Waals surface area contributed by atoms with Gasteiger partial charge in [-0.3, -0.25) is 10.1 Å². The zero-order chi connectivity index (χ0) is 22.8. The van der Waals surface area contributed by atoms with Gasteiger partial charge in [0.25, 0.3) is 5.91 Å². The van der Waals surface area contributed by atoms with E-state index in [-0.39, 0.29) is 11.0 Å². The highest BCUT2D eigenvalue weighted by Crippen LogP contribution is 2.26. The molecule has 1 heterocycles. The number of aromatic nitrogens is 3. The molecule has 2 N–H and O–H groups in total. The minimum absolute atomic E-state index is 0.198. The normalized spacial score (nSPS) is 10.8. The second kappa shape index (κ2) is 8.94. The molecule has 0 saturated heterocycles. The molecule has 0 saturated carbocycles. The molecule has 0 radical (unpaired) electrons. The van der Waals surface area contributed by atoms with Gasteiger partial charge in [-0.2, -0.15) is 4.80 Å². The lowest BCUT2D eigenvalue weighted by molar-refractivity contribution is 0.0977. The van der Waals surface area contributed by atoms with Crippen LogP contribution in [0.1, 0.15) is 21.5 Å². The summed E-state index contributed by atoms with van der Waals surface area (Å²) < 4.78 is 5.18. The van der Waals surface area contributed by atoms with Gasteiger partial charge in [0.15, 0.2) is 5.11 Å². The molecule has 0 atom stereocenters. The van der Waals surface area contributed by atoms with Crippen LogP contribution >= 0.6 is 23.8 Å². The van der Waals surface area contributed by atoms with Gasteiger partial charge in [0.1, 0.15) is 16.8 Å². The Labute approximate surface area is 195 Å². The highest BCUT2D eigenvalue weighted by Gasteiger charge is 2.12. The number of fused-ring (bicyclic) bond motifs is 1. The first-order valence-electron chi connectivity index (χ1n) is 9.74. The van der Waals surface area contributed by atoms with Crippen LogP contribution in [0.4, 0.5) is 5.69 Å². The summed E-state index contributed by atoms with van der Waals surface area (Å²) in [4.78, 5) is 14.0. The number of carbonyl (C=O) groups is 1. The highest BCUT2D eigenvalue weighted by atomic mass is 35.5. The zero-order valence-corrected chi connectivity index (χ0v) is 19.2. The summed E-state index contributed by atoms with van der Waals surface area (Å²) in [6.45, 7) is 3.88. The molecule has 1 aromatic heterocycles. The Morgan fingerprint density at radius 1 is 1.03 bits per heavy atom. The lowest BCUT2D eigenvalue weighted by atomic mass is 10.1. The molecule has 0 aliphatic rings. The number of halogens is 1. The number of anilines is 1. The van der Waals surface area contributed by atoms with Gasteiger partial charge >= 0.3 is 0 Å². The smallest absolute Gasteiger partial charge is 0.257 e. The maximum Gasteiger partial charge on any atom is 0.257 e. The van der Waals surface area contributed by atoms with Crippen LogP contribution in [0.25, 0.3) is 16.7 Å². The molecule has 9 heteroatoms. The number of thiocarbonyl (C=S) groups is 1. The fourth-order valence-corrected chi connectivity index (χ4v) is 3.75. The summed E-state index contributed by atoms with van der Waals surface area (Å²) in [6.07, 6.45) is 0. The van der Waals surface area contributed by atoms with E-state index in [0.717, 1.165) is 11.1 Å². The van der Waals surface area contributed by atoms with Crippen molar-refractivity contribution < 1.29 is 9.53 Å². The third-order valence-corrected chi connectivity index (χ3v) is 5.36. The van der Waals surface area contributed by atoms with Crippen LogP contribution in [0.15, 0.2) is 54.6 Å². The lowest BCUT2D eigenvalue weighted by Crippen LogP contribution is -2.34. The number of benzene rings is 3. The number of ether oxygens (including phenoxy) is 1. The summed E-state index contributed by atoms with van der Waals surface area (Å²) in [5.41, 5.74) is 5.32. The summed E-state index contributed by atoms with van der Waals surface area (Å²) >= 11 is 11.5. The summed E-state index contributed by atoms with van der Waals surface area (Å²) in [5, 5.41) is 15.4. The molecule has 4 rings (SSSR count). The molecule has 0 unspecified atom stereocenters. The molecule has 0 aliphatic heterocycles. The van der Waals surface area contributed by atoms with E-state index in [1.54, 1.807) is 31.4 Å². The first-order chi connectivity index (χ1) is 15.3. The van der Waals surface area contributed by atoms with Crippen molar-refractivity contribution in [3.63, 3.8) is 0 Å². The molecular weight excluding hydrogens is 446 g/mol. The van der Waals surface area contributed by atoms with Gasteiger partial charge in [0, 0.05) is 11.3 Å². The van der Waals surface area contributed by atoms with E-state index >= 15 is 0 Å². The van der Waals surface area contributed by atoms with Crippen molar-refractivity contribution in [1.82, 2.24) is 20.3 Å². The molecular formula is C23H20ClN5O2S. The maximum atomic E-state index is 12.5. The van der Waals surface area contributed by atoms with Gasteiger partial charge in [-0.05, 0) is 74.1 Å². The number of aryl methyl sites for hydroxylation is 2. The molecule has 0 fully saturated rings. The van der Waals surface area contributed by atoms with Crippen molar-refractivity contribution in [3.05, 3.63) is 76.3 Å². The molecule has 0 aliphatic carbocycles. The van der Waals surface area contributed by atoms with Gasteiger partial charge in [-0.25, -0.2) is 0 Å². The SMILES string of the molecule is COc1ccc(-n2nc3ccc(NC(=S)NC(=O)c4ccc(C)cc4C)cc3n2)cc1Cl. The molecule has 7 nitrogen and oxygen atoms in total. The average molecular weight is 466 g/mol. The number of methoxy groups -OCH3 is 1. The minimum atomic E-state index is -0.261. The standard InChI is InChI=1S/C23H20ClN5O2S/c1-13-4-7-17(14(2)10-13)22(30)26-23(32)25-15-5-8-19-20(11-15)28-29(27-19)16-6-9-21(31-3)18(24)12-16/h4-12H,1-3H3,(H2,25,26,30,32). The average Bonchev–Trinajstić information content (AvgIpc) is 3.17. The van der Waals surface area contributed by atoms with Crippen molar-refractivity contribution >= 4 is 51.6 Å².